The molecule has 0 spiro atoms. The van der Waals surface area contributed by atoms with Crippen molar-refractivity contribution < 1.29 is 37.3 Å². The summed E-state index contributed by atoms with van der Waals surface area (Å²) in [5, 5.41) is 15.8. The number of carboxylic acid groups (broad SMARTS) is 1. The lowest BCUT2D eigenvalue weighted by Crippen LogP contribution is -2.48. The Kier molecular flexibility index (Phi) is 11.3. The number of alkyl halides is 1. The summed E-state index contributed by atoms with van der Waals surface area (Å²) in [6, 6.07) is 4.60. The van der Waals surface area contributed by atoms with E-state index in [1.54, 1.807) is 0 Å². The molecule has 1 fully saturated rings. The van der Waals surface area contributed by atoms with Gasteiger partial charge in [0.25, 0.3) is 0 Å². The van der Waals surface area contributed by atoms with Crippen LogP contribution in [-0.2, 0) is 32.6 Å². The van der Waals surface area contributed by atoms with Gasteiger partial charge in [-0.25, -0.2) is 22.9 Å². The van der Waals surface area contributed by atoms with Crippen molar-refractivity contribution in [3.8, 4) is 5.75 Å². The second kappa shape index (κ2) is 14.9. The second-order valence-corrected chi connectivity index (χ2v) is 11.3. The third-order valence-corrected chi connectivity index (χ3v) is 8.32. The van der Waals surface area contributed by atoms with E-state index >= 15 is 0 Å². The molecule has 1 aliphatic carbocycles. The van der Waals surface area contributed by atoms with Gasteiger partial charge in [0.15, 0.2) is 0 Å². The molecule has 2 aromatic rings. The van der Waals surface area contributed by atoms with Crippen LogP contribution in [-0.4, -0.2) is 86.1 Å². The summed E-state index contributed by atoms with van der Waals surface area (Å²) in [5.74, 6) is -2.79. The number of anilines is 1. The highest BCUT2D eigenvalue weighted by Crippen LogP contribution is 2.52. The topological polar surface area (TPSA) is 113 Å². The van der Waals surface area contributed by atoms with Gasteiger partial charge in [-0.2, -0.15) is 0 Å². The molecule has 12 heteroatoms. The van der Waals surface area contributed by atoms with E-state index in [0.29, 0.717) is 12.6 Å². The van der Waals surface area contributed by atoms with E-state index in [0.717, 1.165) is 56.2 Å². The van der Waals surface area contributed by atoms with Gasteiger partial charge in [0.05, 0.1) is 18.6 Å². The molecule has 0 saturated heterocycles. The number of methoxy groups -OCH3 is 2. The highest BCUT2D eigenvalue weighted by molar-refractivity contribution is 5.94. The van der Waals surface area contributed by atoms with Crippen LogP contribution in [0, 0.1) is 11.6 Å². The molecule has 0 bridgehead atoms. The average Bonchev–Trinajstić information content (AvgIpc) is 3.80. The Hall–Kier alpha value is -3.38. The van der Waals surface area contributed by atoms with E-state index in [1.165, 1.54) is 19.8 Å². The van der Waals surface area contributed by atoms with Gasteiger partial charge in [0.1, 0.15) is 35.9 Å². The highest BCUT2D eigenvalue weighted by Gasteiger charge is 2.55. The Morgan fingerprint density at radius 1 is 1.19 bits per heavy atom. The molecule has 2 heterocycles. The van der Waals surface area contributed by atoms with Crippen molar-refractivity contribution in [2.24, 2.45) is 0 Å². The number of aliphatic carboxylic acids is 1. The normalized spacial score (nSPS) is 16.6. The molecule has 1 aromatic carbocycles. The molecule has 3 N–H and O–H groups in total. The molecule has 0 radical (unpaired) electrons. The van der Waals surface area contributed by atoms with Crippen molar-refractivity contribution in [2.45, 2.75) is 68.9 Å². The molecule has 2 aliphatic rings. The number of rotatable bonds is 17. The van der Waals surface area contributed by atoms with Crippen LogP contribution in [0.2, 0.25) is 0 Å². The number of aryl methyl sites for hydroxylation is 2. The maximum Gasteiger partial charge on any atom is 0.326 e. The Morgan fingerprint density at radius 2 is 1.98 bits per heavy atom. The summed E-state index contributed by atoms with van der Waals surface area (Å²) < 4.78 is 52.4. The number of aromatic nitrogens is 1. The molecule has 1 saturated carbocycles. The SMILES string of the molecule is COc1cc(F)cc(F)c1C1(C(=O)N[C@@H](CCN(CCCCc2ccc3c(n2)NCCC3)C[C@@H](CF)OC)C(=O)O)CC1. The molecule has 0 unspecified atom stereocenters. The first-order chi connectivity index (χ1) is 20.7. The Bertz CT molecular complexity index is 1270. The van der Waals surface area contributed by atoms with Gasteiger partial charge in [0.2, 0.25) is 5.91 Å². The van der Waals surface area contributed by atoms with E-state index in [2.05, 4.69) is 16.7 Å². The number of nitrogens with one attached hydrogen (secondary N) is 2. The summed E-state index contributed by atoms with van der Waals surface area (Å²) >= 11 is 0. The van der Waals surface area contributed by atoms with Gasteiger partial charge in [0, 0.05) is 50.1 Å². The molecule has 1 aliphatic heterocycles. The maximum atomic E-state index is 14.8. The highest BCUT2D eigenvalue weighted by atomic mass is 19.1. The summed E-state index contributed by atoms with van der Waals surface area (Å²) in [4.78, 5) is 32.1. The molecular weight excluding hydrogens is 565 g/mol. The van der Waals surface area contributed by atoms with E-state index in [1.807, 2.05) is 11.0 Å². The zero-order valence-corrected chi connectivity index (χ0v) is 24.8. The third-order valence-electron chi connectivity index (χ3n) is 8.32. The van der Waals surface area contributed by atoms with Crippen molar-refractivity contribution in [3.63, 3.8) is 0 Å². The molecule has 1 amide bonds. The number of fused-ring (bicyclic) bond motifs is 1. The largest absolute Gasteiger partial charge is 0.496 e. The monoisotopic (exact) mass is 606 g/mol. The molecule has 9 nitrogen and oxygen atoms in total. The van der Waals surface area contributed by atoms with Crippen LogP contribution in [0.4, 0.5) is 19.0 Å². The van der Waals surface area contributed by atoms with E-state index in [-0.39, 0.29) is 43.7 Å². The van der Waals surface area contributed by atoms with Gasteiger partial charge in [-0.05, 0) is 69.5 Å². The van der Waals surface area contributed by atoms with Crippen LogP contribution in [0.5, 0.6) is 5.75 Å². The standard InChI is InChI=1S/C31H41F3N4O5/c1-42-23(18-32)19-38(14-4-3-7-22-9-8-20-6-5-13-35-28(20)36-22)15-10-25(29(39)40)37-30(41)31(11-12-31)27-24(34)16-21(33)17-26(27)43-2/h8-9,16-17,23,25H,3-7,10-15,18-19H2,1-2H3,(H,35,36)(H,37,41)(H,39,40)/t23-,25+/m1/s1. The number of hydrogen-bond donors (Lipinski definition) is 3. The van der Waals surface area contributed by atoms with Gasteiger partial charge in [-0.1, -0.05) is 6.07 Å². The number of unbranched alkanes of at least 4 members (excludes halogenated alkanes) is 1. The quantitative estimate of drug-likeness (QED) is 0.232. The minimum atomic E-state index is -1.33. The van der Waals surface area contributed by atoms with Gasteiger partial charge < -0.3 is 30.1 Å². The van der Waals surface area contributed by atoms with Crippen LogP contribution in [0.3, 0.4) is 0 Å². The lowest BCUT2D eigenvalue weighted by atomic mass is 9.92. The lowest BCUT2D eigenvalue weighted by molar-refractivity contribution is -0.142. The number of carboxylic acids is 1. The number of benzene rings is 1. The summed E-state index contributed by atoms with van der Waals surface area (Å²) in [6.07, 6.45) is 4.42. The van der Waals surface area contributed by atoms with Crippen LogP contribution in [0.1, 0.15) is 55.3 Å². The average molecular weight is 607 g/mol. The van der Waals surface area contributed by atoms with Crippen LogP contribution >= 0.6 is 0 Å². The maximum absolute atomic E-state index is 14.8. The summed E-state index contributed by atoms with van der Waals surface area (Å²) in [6.45, 7) is 1.33. The third kappa shape index (κ3) is 8.17. The lowest BCUT2D eigenvalue weighted by Gasteiger charge is -2.28. The van der Waals surface area contributed by atoms with E-state index < -0.39 is 47.7 Å². The van der Waals surface area contributed by atoms with Crippen LogP contribution in [0.15, 0.2) is 24.3 Å². The molecular formula is C31H41F3N4O5. The number of carbonyl (C=O) groups excluding carboxylic acids is 1. The van der Waals surface area contributed by atoms with Crippen molar-refractivity contribution in [1.29, 1.82) is 0 Å². The number of amides is 1. The van der Waals surface area contributed by atoms with Gasteiger partial charge in [-0.15, -0.1) is 0 Å². The first-order valence-corrected chi connectivity index (χ1v) is 14.8. The van der Waals surface area contributed by atoms with Crippen molar-refractivity contribution in [3.05, 3.63) is 52.7 Å². The van der Waals surface area contributed by atoms with Gasteiger partial charge >= 0.3 is 5.97 Å². The van der Waals surface area contributed by atoms with Crippen molar-refractivity contribution in [1.82, 2.24) is 15.2 Å². The number of ether oxygens (including phenoxy) is 2. The fourth-order valence-corrected chi connectivity index (χ4v) is 5.67. The molecule has 4 rings (SSSR count). The van der Waals surface area contributed by atoms with E-state index in [4.69, 9.17) is 14.5 Å². The van der Waals surface area contributed by atoms with Gasteiger partial charge in [-0.3, -0.25) is 4.79 Å². The summed E-state index contributed by atoms with van der Waals surface area (Å²) in [7, 11) is 2.68. The summed E-state index contributed by atoms with van der Waals surface area (Å²) in [5.41, 5.74) is 0.823. The molecule has 43 heavy (non-hydrogen) atoms. The number of pyridine rings is 1. The minimum absolute atomic E-state index is 0.0426. The molecule has 1 aromatic heterocycles. The molecule has 236 valence electrons. The minimum Gasteiger partial charge on any atom is -0.496 e. The number of nitrogens with zero attached hydrogens (tertiary/aromatic N) is 2. The van der Waals surface area contributed by atoms with E-state index in [9.17, 15) is 27.9 Å². The first-order valence-electron chi connectivity index (χ1n) is 14.8. The zero-order valence-electron chi connectivity index (χ0n) is 24.8. The van der Waals surface area contributed by atoms with Crippen molar-refractivity contribution >= 4 is 17.7 Å². The first kappa shape index (κ1) is 32.5. The predicted octanol–water partition coefficient (Wildman–Crippen LogP) is 4.03. The Morgan fingerprint density at radius 3 is 2.65 bits per heavy atom. The zero-order chi connectivity index (χ0) is 31.0. The Labute approximate surface area is 250 Å². The fraction of sp³-hybridized carbons (Fsp3) is 0.581. The Balaban J connectivity index is 1.36. The molecule has 2 atom stereocenters. The fourth-order valence-electron chi connectivity index (χ4n) is 5.67. The van der Waals surface area contributed by atoms with Crippen LogP contribution in [0.25, 0.3) is 0 Å². The smallest absolute Gasteiger partial charge is 0.326 e. The van der Waals surface area contributed by atoms with Crippen molar-refractivity contribution in [2.75, 3.05) is 52.4 Å². The predicted molar refractivity (Wildman–Crippen MR) is 155 cm³/mol. The number of halogens is 3. The second-order valence-electron chi connectivity index (χ2n) is 11.3. The van der Waals surface area contributed by atoms with Crippen LogP contribution < -0.4 is 15.4 Å². The number of carbonyl (C=O) groups is 2. The number of hydrogen-bond acceptors (Lipinski definition) is 7.